The van der Waals surface area contributed by atoms with Gasteiger partial charge in [-0.2, -0.15) is 0 Å². The Morgan fingerprint density at radius 3 is 2.75 bits per heavy atom. The van der Waals surface area contributed by atoms with Gasteiger partial charge in [-0.25, -0.2) is 4.98 Å². The molecule has 1 aromatic carbocycles. The molecule has 3 rings (SSSR count). The lowest BCUT2D eigenvalue weighted by Gasteiger charge is -2.14. The fourth-order valence-corrected chi connectivity index (χ4v) is 3.01. The van der Waals surface area contributed by atoms with Crippen LogP contribution in [0.2, 0.25) is 5.02 Å². The average Bonchev–Trinajstić information content (AvgIpc) is 2.92. The first kappa shape index (κ1) is 16.5. The standard InChI is InChI=1S/C19H20ClN3O/c1-4-15-18(23-10-9-13(20)11-17(23)21-15)19(24)22-16-8-6-5-7-14(16)12(2)3/h5-12H,4H2,1-3H3,(H,22,24). The summed E-state index contributed by atoms with van der Waals surface area (Å²) in [6.07, 6.45) is 2.46. The summed E-state index contributed by atoms with van der Waals surface area (Å²) in [7, 11) is 0. The molecule has 4 nitrogen and oxygen atoms in total. The lowest BCUT2D eigenvalue weighted by molar-refractivity contribution is 0.102. The number of carbonyl (C=O) groups is 1. The third kappa shape index (κ3) is 3.02. The zero-order valence-electron chi connectivity index (χ0n) is 14.0. The minimum atomic E-state index is -0.158. The van der Waals surface area contributed by atoms with Gasteiger partial charge < -0.3 is 5.32 Å². The molecule has 24 heavy (non-hydrogen) atoms. The van der Waals surface area contributed by atoms with Gasteiger partial charge in [0.25, 0.3) is 5.91 Å². The summed E-state index contributed by atoms with van der Waals surface area (Å²) in [5, 5.41) is 3.65. The lowest BCUT2D eigenvalue weighted by Crippen LogP contribution is -2.17. The topological polar surface area (TPSA) is 46.4 Å². The van der Waals surface area contributed by atoms with E-state index < -0.39 is 0 Å². The van der Waals surface area contributed by atoms with Gasteiger partial charge in [-0.05, 0) is 30.0 Å². The van der Waals surface area contributed by atoms with Crippen molar-refractivity contribution in [2.75, 3.05) is 5.32 Å². The molecule has 0 bridgehead atoms. The number of benzene rings is 1. The van der Waals surface area contributed by atoms with Crippen molar-refractivity contribution >= 4 is 28.8 Å². The van der Waals surface area contributed by atoms with Crippen LogP contribution in [0.4, 0.5) is 5.69 Å². The van der Waals surface area contributed by atoms with E-state index in [9.17, 15) is 4.79 Å². The Morgan fingerprint density at radius 2 is 2.04 bits per heavy atom. The van der Waals surface area contributed by atoms with E-state index in [1.54, 1.807) is 22.7 Å². The number of imidazole rings is 1. The molecule has 3 aromatic rings. The number of aryl methyl sites for hydroxylation is 1. The highest BCUT2D eigenvalue weighted by atomic mass is 35.5. The molecule has 5 heteroatoms. The van der Waals surface area contributed by atoms with Crippen molar-refractivity contribution in [1.29, 1.82) is 0 Å². The molecule has 0 aliphatic heterocycles. The van der Waals surface area contributed by atoms with Gasteiger partial charge in [0.1, 0.15) is 11.3 Å². The predicted molar refractivity (Wildman–Crippen MR) is 98.1 cm³/mol. The Kier molecular flexibility index (Phi) is 4.58. The molecule has 124 valence electrons. The van der Waals surface area contributed by atoms with Crippen molar-refractivity contribution < 1.29 is 4.79 Å². The number of anilines is 1. The van der Waals surface area contributed by atoms with Crippen molar-refractivity contribution in [2.24, 2.45) is 0 Å². The maximum Gasteiger partial charge on any atom is 0.274 e. The SMILES string of the molecule is CCc1nc2cc(Cl)ccn2c1C(=O)Nc1ccccc1C(C)C. The van der Waals surface area contributed by atoms with E-state index in [-0.39, 0.29) is 5.91 Å². The Labute approximate surface area is 146 Å². The van der Waals surface area contributed by atoms with Crippen LogP contribution in [-0.2, 0) is 6.42 Å². The van der Waals surface area contributed by atoms with E-state index in [1.807, 2.05) is 31.2 Å². The summed E-state index contributed by atoms with van der Waals surface area (Å²) in [5.41, 5.74) is 3.95. The fourth-order valence-electron chi connectivity index (χ4n) is 2.85. The maximum absolute atomic E-state index is 12.9. The summed E-state index contributed by atoms with van der Waals surface area (Å²) in [6, 6.07) is 11.4. The summed E-state index contributed by atoms with van der Waals surface area (Å²) in [6.45, 7) is 6.21. The first-order valence-electron chi connectivity index (χ1n) is 8.08. The summed E-state index contributed by atoms with van der Waals surface area (Å²) < 4.78 is 1.79. The molecular formula is C19H20ClN3O. The number of halogens is 1. The predicted octanol–water partition coefficient (Wildman–Crippen LogP) is 4.93. The Balaban J connectivity index is 2.03. The molecule has 0 saturated heterocycles. The molecule has 0 radical (unpaired) electrons. The van der Waals surface area contributed by atoms with Gasteiger partial charge in [-0.15, -0.1) is 0 Å². The zero-order chi connectivity index (χ0) is 17.3. The first-order chi connectivity index (χ1) is 11.5. The number of hydrogen-bond donors (Lipinski definition) is 1. The average molecular weight is 342 g/mol. The van der Waals surface area contributed by atoms with Gasteiger partial charge in [-0.1, -0.05) is 50.6 Å². The fraction of sp³-hybridized carbons (Fsp3) is 0.263. The number of amides is 1. The third-order valence-corrected chi connectivity index (χ3v) is 4.28. The van der Waals surface area contributed by atoms with Crippen molar-refractivity contribution in [1.82, 2.24) is 9.38 Å². The third-order valence-electron chi connectivity index (χ3n) is 4.04. The van der Waals surface area contributed by atoms with Crippen LogP contribution in [0.25, 0.3) is 5.65 Å². The largest absolute Gasteiger partial charge is 0.320 e. The summed E-state index contributed by atoms with van der Waals surface area (Å²) >= 11 is 6.03. The molecule has 0 unspecified atom stereocenters. The molecule has 0 aliphatic rings. The quantitative estimate of drug-likeness (QED) is 0.731. The van der Waals surface area contributed by atoms with Crippen LogP contribution in [0.3, 0.4) is 0 Å². The number of pyridine rings is 1. The lowest BCUT2D eigenvalue weighted by atomic mass is 10.0. The number of fused-ring (bicyclic) bond motifs is 1. The maximum atomic E-state index is 12.9. The number of nitrogens with one attached hydrogen (secondary N) is 1. The second-order valence-corrected chi connectivity index (χ2v) is 6.47. The van der Waals surface area contributed by atoms with Crippen molar-refractivity contribution in [3.63, 3.8) is 0 Å². The number of rotatable bonds is 4. The van der Waals surface area contributed by atoms with Gasteiger partial charge >= 0.3 is 0 Å². The van der Waals surface area contributed by atoms with Crippen molar-refractivity contribution in [3.05, 3.63) is 64.6 Å². The summed E-state index contributed by atoms with van der Waals surface area (Å²) in [4.78, 5) is 17.5. The Morgan fingerprint density at radius 1 is 1.29 bits per heavy atom. The molecule has 1 N–H and O–H groups in total. The minimum Gasteiger partial charge on any atom is -0.320 e. The van der Waals surface area contributed by atoms with E-state index >= 15 is 0 Å². The highest BCUT2D eigenvalue weighted by Gasteiger charge is 2.19. The van der Waals surface area contributed by atoms with Crippen molar-refractivity contribution in [3.8, 4) is 0 Å². The van der Waals surface area contributed by atoms with Crippen LogP contribution in [-0.4, -0.2) is 15.3 Å². The van der Waals surface area contributed by atoms with E-state index in [1.165, 1.54) is 0 Å². The van der Waals surface area contributed by atoms with Crippen LogP contribution >= 0.6 is 11.6 Å². The van der Waals surface area contributed by atoms with E-state index in [0.717, 1.165) is 16.9 Å². The molecule has 2 heterocycles. The first-order valence-corrected chi connectivity index (χ1v) is 8.45. The number of carbonyl (C=O) groups excluding carboxylic acids is 1. The number of para-hydroxylation sites is 1. The van der Waals surface area contributed by atoms with Crippen LogP contribution < -0.4 is 5.32 Å². The smallest absolute Gasteiger partial charge is 0.274 e. The van der Waals surface area contributed by atoms with Gasteiger partial charge in [0.2, 0.25) is 0 Å². The van der Waals surface area contributed by atoms with E-state index in [4.69, 9.17) is 11.6 Å². The van der Waals surface area contributed by atoms with E-state index in [2.05, 4.69) is 24.1 Å². The second kappa shape index (κ2) is 6.65. The molecule has 0 saturated carbocycles. The van der Waals surface area contributed by atoms with Gasteiger partial charge in [0.05, 0.1) is 5.69 Å². The van der Waals surface area contributed by atoms with Gasteiger partial charge in [-0.3, -0.25) is 9.20 Å². The molecule has 0 aliphatic carbocycles. The highest BCUT2D eigenvalue weighted by Crippen LogP contribution is 2.25. The Bertz CT molecular complexity index is 899. The van der Waals surface area contributed by atoms with E-state index in [0.29, 0.717) is 28.7 Å². The Hall–Kier alpha value is -2.33. The number of aromatic nitrogens is 2. The molecule has 0 fully saturated rings. The zero-order valence-corrected chi connectivity index (χ0v) is 14.8. The number of nitrogens with zero attached hydrogens (tertiary/aromatic N) is 2. The van der Waals surface area contributed by atoms with Crippen LogP contribution in [0.5, 0.6) is 0 Å². The molecular weight excluding hydrogens is 322 g/mol. The van der Waals surface area contributed by atoms with Gasteiger partial charge in [0, 0.05) is 23.0 Å². The van der Waals surface area contributed by atoms with Crippen LogP contribution in [0.15, 0.2) is 42.6 Å². The number of hydrogen-bond acceptors (Lipinski definition) is 2. The van der Waals surface area contributed by atoms with Gasteiger partial charge in [0.15, 0.2) is 0 Å². The minimum absolute atomic E-state index is 0.158. The highest BCUT2D eigenvalue weighted by molar-refractivity contribution is 6.30. The van der Waals surface area contributed by atoms with Crippen LogP contribution in [0, 0.1) is 0 Å². The molecule has 1 amide bonds. The second-order valence-electron chi connectivity index (χ2n) is 6.03. The molecule has 0 atom stereocenters. The van der Waals surface area contributed by atoms with Crippen molar-refractivity contribution in [2.45, 2.75) is 33.1 Å². The van der Waals surface area contributed by atoms with Crippen LogP contribution in [0.1, 0.15) is 48.4 Å². The summed E-state index contributed by atoms with van der Waals surface area (Å²) in [5.74, 6) is 0.169. The normalized spacial score (nSPS) is 11.2. The molecule has 0 spiro atoms. The monoisotopic (exact) mass is 341 g/mol. The molecule has 2 aromatic heterocycles.